The van der Waals surface area contributed by atoms with Crippen molar-refractivity contribution in [3.8, 4) is 0 Å². The predicted octanol–water partition coefficient (Wildman–Crippen LogP) is 4.24. The van der Waals surface area contributed by atoms with Crippen molar-refractivity contribution >= 4 is 28.6 Å². The Kier molecular flexibility index (Phi) is 4.01. The smallest absolute Gasteiger partial charge is 0.0525 e. The Bertz CT molecular complexity index is 608. The van der Waals surface area contributed by atoms with E-state index in [-0.39, 0.29) is 0 Å². The van der Waals surface area contributed by atoms with Gasteiger partial charge in [-0.25, -0.2) is 0 Å². The molecule has 0 saturated heterocycles. The van der Waals surface area contributed by atoms with Crippen LogP contribution in [0.25, 0.3) is 0 Å². The van der Waals surface area contributed by atoms with Gasteiger partial charge in [0.25, 0.3) is 0 Å². The van der Waals surface area contributed by atoms with Gasteiger partial charge in [-0.05, 0) is 55.1 Å². The molecule has 1 aromatic carbocycles. The van der Waals surface area contributed by atoms with Gasteiger partial charge in [0.15, 0.2) is 0 Å². The maximum absolute atomic E-state index is 6.22. The number of hydrogen-bond donors (Lipinski definition) is 1. The van der Waals surface area contributed by atoms with Crippen LogP contribution < -0.4 is 10.2 Å². The summed E-state index contributed by atoms with van der Waals surface area (Å²) < 4.78 is 0. The first kappa shape index (κ1) is 13.9. The van der Waals surface area contributed by atoms with Crippen LogP contribution >= 0.6 is 22.9 Å². The van der Waals surface area contributed by atoms with Crippen LogP contribution in [0.4, 0.5) is 5.69 Å². The number of nitrogens with zero attached hydrogens (tertiary/aromatic N) is 1. The summed E-state index contributed by atoms with van der Waals surface area (Å²) in [6.45, 7) is 4.22. The van der Waals surface area contributed by atoms with E-state index in [1.165, 1.54) is 21.7 Å². The molecule has 1 unspecified atom stereocenters. The molecule has 106 valence electrons. The van der Waals surface area contributed by atoms with Gasteiger partial charge in [-0.2, -0.15) is 0 Å². The SMILES string of the molecule is CNCc1ccc(Cl)cc1N1CCc2sccc2C1C. The molecule has 20 heavy (non-hydrogen) atoms. The molecule has 0 saturated carbocycles. The summed E-state index contributed by atoms with van der Waals surface area (Å²) in [6, 6.07) is 8.88. The molecular weight excluding hydrogens is 288 g/mol. The lowest BCUT2D eigenvalue weighted by Crippen LogP contribution is -2.34. The fourth-order valence-corrected chi connectivity index (χ4v) is 4.11. The second kappa shape index (κ2) is 5.76. The zero-order valence-electron chi connectivity index (χ0n) is 11.8. The lowest BCUT2D eigenvalue weighted by Gasteiger charge is -2.37. The van der Waals surface area contributed by atoms with E-state index >= 15 is 0 Å². The van der Waals surface area contributed by atoms with Gasteiger partial charge >= 0.3 is 0 Å². The van der Waals surface area contributed by atoms with E-state index in [1.807, 2.05) is 24.5 Å². The van der Waals surface area contributed by atoms with Gasteiger partial charge in [0.2, 0.25) is 0 Å². The van der Waals surface area contributed by atoms with Crippen molar-refractivity contribution < 1.29 is 0 Å². The third-order valence-electron chi connectivity index (χ3n) is 4.00. The van der Waals surface area contributed by atoms with Crippen LogP contribution in [0.1, 0.15) is 29.0 Å². The Labute approximate surface area is 129 Å². The molecule has 1 aliphatic heterocycles. The molecule has 2 heterocycles. The fourth-order valence-electron chi connectivity index (χ4n) is 2.98. The largest absolute Gasteiger partial charge is 0.364 e. The number of hydrogen-bond acceptors (Lipinski definition) is 3. The van der Waals surface area contributed by atoms with Crippen molar-refractivity contribution in [2.75, 3.05) is 18.5 Å². The Balaban J connectivity index is 1.99. The van der Waals surface area contributed by atoms with Crippen molar-refractivity contribution in [2.45, 2.75) is 25.9 Å². The maximum Gasteiger partial charge on any atom is 0.0525 e. The first-order chi connectivity index (χ1) is 9.70. The van der Waals surface area contributed by atoms with E-state index in [0.717, 1.165) is 24.5 Å². The molecule has 0 amide bonds. The van der Waals surface area contributed by atoms with E-state index in [4.69, 9.17) is 11.6 Å². The highest BCUT2D eigenvalue weighted by Gasteiger charge is 2.26. The standard InChI is InChI=1S/C16H19ClN2S/c1-11-14-6-8-20-16(14)5-7-19(11)15-9-13(17)4-3-12(15)10-18-2/h3-4,6,8-9,11,18H,5,7,10H2,1-2H3. The van der Waals surface area contributed by atoms with Crippen LogP contribution in [0.5, 0.6) is 0 Å². The molecule has 0 bridgehead atoms. The Morgan fingerprint density at radius 1 is 1.40 bits per heavy atom. The second-order valence-electron chi connectivity index (χ2n) is 5.22. The highest BCUT2D eigenvalue weighted by molar-refractivity contribution is 7.10. The monoisotopic (exact) mass is 306 g/mol. The van der Waals surface area contributed by atoms with Gasteiger partial charge in [0, 0.05) is 28.7 Å². The number of rotatable bonds is 3. The van der Waals surface area contributed by atoms with Crippen molar-refractivity contribution in [2.24, 2.45) is 0 Å². The lowest BCUT2D eigenvalue weighted by molar-refractivity contribution is 0.628. The van der Waals surface area contributed by atoms with Crippen LogP contribution in [0.15, 0.2) is 29.6 Å². The van der Waals surface area contributed by atoms with Crippen LogP contribution in [0.2, 0.25) is 5.02 Å². The molecule has 0 fully saturated rings. The Hall–Kier alpha value is -1.03. The summed E-state index contributed by atoms with van der Waals surface area (Å²) >= 11 is 8.10. The molecule has 1 aliphatic rings. The quantitative estimate of drug-likeness (QED) is 0.912. The fraction of sp³-hybridized carbons (Fsp3) is 0.375. The van der Waals surface area contributed by atoms with Crippen LogP contribution in [-0.2, 0) is 13.0 Å². The first-order valence-electron chi connectivity index (χ1n) is 6.96. The topological polar surface area (TPSA) is 15.3 Å². The average Bonchev–Trinajstić information content (AvgIpc) is 2.91. The molecule has 1 N–H and O–H groups in total. The Morgan fingerprint density at radius 2 is 2.25 bits per heavy atom. The van der Waals surface area contributed by atoms with Gasteiger partial charge in [0.05, 0.1) is 6.04 Å². The number of anilines is 1. The van der Waals surface area contributed by atoms with Crippen LogP contribution in [0.3, 0.4) is 0 Å². The van der Waals surface area contributed by atoms with E-state index < -0.39 is 0 Å². The lowest BCUT2D eigenvalue weighted by atomic mass is 9.99. The molecule has 2 aromatic rings. The van der Waals surface area contributed by atoms with Crippen molar-refractivity contribution in [1.82, 2.24) is 5.32 Å². The molecule has 0 radical (unpaired) electrons. The summed E-state index contributed by atoms with van der Waals surface area (Å²) in [7, 11) is 1.98. The van der Waals surface area contributed by atoms with E-state index in [9.17, 15) is 0 Å². The van der Waals surface area contributed by atoms with E-state index in [1.54, 1.807) is 0 Å². The van der Waals surface area contributed by atoms with Crippen LogP contribution in [0, 0.1) is 0 Å². The molecular formula is C16H19ClN2S. The minimum atomic E-state index is 0.416. The second-order valence-corrected chi connectivity index (χ2v) is 6.66. The Morgan fingerprint density at radius 3 is 3.05 bits per heavy atom. The van der Waals surface area contributed by atoms with E-state index in [2.05, 4.69) is 40.7 Å². The third-order valence-corrected chi connectivity index (χ3v) is 5.23. The zero-order chi connectivity index (χ0) is 14.1. The van der Waals surface area contributed by atoms with Gasteiger partial charge in [0.1, 0.15) is 0 Å². The normalized spacial score (nSPS) is 18.1. The zero-order valence-corrected chi connectivity index (χ0v) is 13.4. The number of benzene rings is 1. The van der Waals surface area contributed by atoms with Gasteiger partial charge < -0.3 is 10.2 Å². The minimum absolute atomic E-state index is 0.416. The van der Waals surface area contributed by atoms with Gasteiger partial charge in [-0.3, -0.25) is 0 Å². The van der Waals surface area contributed by atoms with Gasteiger partial charge in [-0.1, -0.05) is 17.7 Å². The molecule has 2 nitrogen and oxygen atoms in total. The predicted molar refractivity (Wildman–Crippen MR) is 88.0 cm³/mol. The van der Waals surface area contributed by atoms with Crippen molar-refractivity contribution in [3.63, 3.8) is 0 Å². The summed E-state index contributed by atoms with van der Waals surface area (Å²) in [5.74, 6) is 0. The molecule has 1 atom stereocenters. The minimum Gasteiger partial charge on any atom is -0.364 e. The molecule has 1 aromatic heterocycles. The molecule has 3 rings (SSSR count). The van der Waals surface area contributed by atoms with E-state index in [0.29, 0.717) is 6.04 Å². The average molecular weight is 307 g/mol. The van der Waals surface area contributed by atoms with Gasteiger partial charge in [-0.15, -0.1) is 11.3 Å². The highest BCUT2D eigenvalue weighted by atomic mass is 35.5. The van der Waals surface area contributed by atoms with Crippen LogP contribution in [-0.4, -0.2) is 13.6 Å². The van der Waals surface area contributed by atoms with Crippen molar-refractivity contribution in [3.05, 3.63) is 50.7 Å². The number of nitrogens with one attached hydrogen (secondary N) is 1. The summed E-state index contributed by atoms with van der Waals surface area (Å²) in [4.78, 5) is 4.01. The first-order valence-corrected chi connectivity index (χ1v) is 8.22. The third kappa shape index (κ3) is 2.46. The summed E-state index contributed by atoms with van der Waals surface area (Å²) in [6.07, 6.45) is 1.13. The number of fused-ring (bicyclic) bond motifs is 1. The molecule has 4 heteroatoms. The molecule has 0 spiro atoms. The maximum atomic E-state index is 6.22. The molecule has 0 aliphatic carbocycles. The summed E-state index contributed by atoms with van der Waals surface area (Å²) in [5, 5.41) is 6.26. The van der Waals surface area contributed by atoms with Crippen molar-refractivity contribution in [1.29, 1.82) is 0 Å². The number of halogens is 1. The summed E-state index contributed by atoms with van der Waals surface area (Å²) in [5.41, 5.74) is 4.04. The number of thiophene rings is 1. The highest BCUT2D eigenvalue weighted by Crippen LogP contribution is 2.38.